The second kappa shape index (κ2) is 5.16. The molecule has 104 valence electrons. The number of nitrogens with zero attached hydrogens (tertiary/aromatic N) is 5. The summed E-state index contributed by atoms with van der Waals surface area (Å²) in [5, 5.41) is 9.07. The van der Waals surface area contributed by atoms with Crippen molar-refractivity contribution in [1.82, 2.24) is 24.9 Å². The Balaban J connectivity index is 1.95. The first-order valence-corrected chi connectivity index (χ1v) is 7.28. The Morgan fingerprint density at radius 1 is 1.35 bits per heavy atom. The summed E-state index contributed by atoms with van der Waals surface area (Å²) in [6, 6.07) is 0. The van der Waals surface area contributed by atoms with Gasteiger partial charge < -0.3 is 4.52 Å². The van der Waals surface area contributed by atoms with Crippen LogP contribution in [0.4, 0.5) is 0 Å². The molecule has 0 spiro atoms. The second-order valence-electron chi connectivity index (χ2n) is 4.60. The molecule has 0 radical (unpaired) electrons. The quantitative estimate of drug-likeness (QED) is 0.738. The number of hydrogen-bond acceptors (Lipinski definition) is 6. The van der Waals surface area contributed by atoms with Gasteiger partial charge in [0.1, 0.15) is 9.88 Å². The van der Waals surface area contributed by atoms with Crippen LogP contribution in [0.5, 0.6) is 0 Å². The standard InChI is InChI=1S/C13H15N5OS/c1-4-5-10-16-12(19-17-10)11-8(2)15-13(20-11)9-6-14-18(3)7-9/h6-7H,4-5H2,1-3H3. The third-order valence-corrected chi connectivity index (χ3v) is 4.08. The van der Waals surface area contributed by atoms with E-state index in [0.29, 0.717) is 5.89 Å². The van der Waals surface area contributed by atoms with Crippen molar-refractivity contribution in [2.24, 2.45) is 7.05 Å². The SMILES string of the molecule is CCCc1noc(-c2sc(-c3cnn(C)c3)nc2C)n1. The molecule has 3 aromatic rings. The van der Waals surface area contributed by atoms with E-state index in [4.69, 9.17) is 4.52 Å². The van der Waals surface area contributed by atoms with Crippen LogP contribution in [0, 0.1) is 6.92 Å². The van der Waals surface area contributed by atoms with E-state index in [9.17, 15) is 0 Å². The molecule has 0 fully saturated rings. The largest absolute Gasteiger partial charge is 0.333 e. The van der Waals surface area contributed by atoms with Crippen molar-refractivity contribution in [1.29, 1.82) is 0 Å². The van der Waals surface area contributed by atoms with Gasteiger partial charge in [0.2, 0.25) is 0 Å². The molecule has 20 heavy (non-hydrogen) atoms. The lowest BCUT2D eigenvalue weighted by molar-refractivity contribution is 0.422. The minimum Gasteiger partial charge on any atom is -0.333 e. The highest BCUT2D eigenvalue weighted by Gasteiger charge is 2.17. The van der Waals surface area contributed by atoms with Crippen LogP contribution in [0.1, 0.15) is 24.9 Å². The Kier molecular flexibility index (Phi) is 3.35. The molecule has 0 aromatic carbocycles. The minimum atomic E-state index is 0.554. The highest BCUT2D eigenvalue weighted by atomic mass is 32.1. The molecule has 0 saturated carbocycles. The molecule has 0 saturated heterocycles. The monoisotopic (exact) mass is 289 g/mol. The van der Waals surface area contributed by atoms with Gasteiger partial charge in [0, 0.05) is 25.2 Å². The van der Waals surface area contributed by atoms with Crippen molar-refractivity contribution in [3.05, 3.63) is 23.9 Å². The lowest BCUT2D eigenvalue weighted by Crippen LogP contribution is -1.85. The molecule has 0 unspecified atom stereocenters. The number of aryl methyl sites for hydroxylation is 3. The first-order chi connectivity index (χ1) is 9.67. The van der Waals surface area contributed by atoms with Gasteiger partial charge in [0.15, 0.2) is 5.82 Å². The summed E-state index contributed by atoms with van der Waals surface area (Å²) in [6.07, 6.45) is 5.58. The molecule has 0 aliphatic rings. The van der Waals surface area contributed by atoms with Crippen LogP contribution in [0.3, 0.4) is 0 Å². The summed E-state index contributed by atoms with van der Waals surface area (Å²) in [5.74, 6) is 1.30. The third kappa shape index (κ3) is 2.36. The molecule has 3 heterocycles. The molecule has 3 rings (SSSR count). The highest BCUT2D eigenvalue weighted by Crippen LogP contribution is 2.34. The van der Waals surface area contributed by atoms with Gasteiger partial charge in [-0.2, -0.15) is 10.1 Å². The number of aromatic nitrogens is 5. The smallest absolute Gasteiger partial charge is 0.269 e. The Morgan fingerprint density at radius 2 is 2.20 bits per heavy atom. The minimum absolute atomic E-state index is 0.554. The van der Waals surface area contributed by atoms with Crippen LogP contribution in [0.2, 0.25) is 0 Å². The summed E-state index contributed by atoms with van der Waals surface area (Å²) in [5.41, 5.74) is 1.90. The summed E-state index contributed by atoms with van der Waals surface area (Å²) >= 11 is 1.55. The Bertz CT molecular complexity index is 727. The van der Waals surface area contributed by atoms with Crippen molar-refractivity contribution in [2.45, 2.75) is 26.7 Å². The lowest BCUT2D eigenvalue weighted by Gasteiger charge is -1.87. The fourth-order valence-corrected chi connectivity index (χ4v) is 2.88. The Hall–Kier alpha value is -2.02. The normalized spacial score (nSPS) is 11.2. The van der Waals surface area contributed by atoms with Gasteiger partial charge in [0.25, 0.3) is 5.89 Å². The number of hydrogen-bond donors (Lipinski definition) is 0. The van der Waals surface area contributed by atoms with Gasteiger partial charge in [-0.3, -0.25) is 4.68 Å². The van der Waals surface area contributed by atoms with Gasteiger partial charge in [-0.25, -0.2) is 4.98 Å². The second-order valence-corrected chi connectivity index (χ2v) is 5.60. The zero-order valence-corrected chi connectivity index (χ0v) is 12.4. The predicted molar refractivity (Wildman–Crippen MR) is 76.3 cm³/mol. The van der Waals surface area contributed by atoms with Gasteiger partial charge in [-0.1, -0.05) is 12.1 Å². The zero-order chi connectivity index (χ0) is 14.1. The van der Waals surface area contributed by atoms with Gasteiger partial charge >= 0.3 is 0 Å². The molecular formula is C13H15N5OS. The first kappa shape index (κ1) is 13.0. The lowest BCUT2D eigenvalue weighted by atomic mass is 10.3. The molecule has 6 nitrogen and oxygen atoms in total. The molecular weight excluding hydrogens is 274 g/mol. The van der Waals surface area contributed by atoms with Crippen molar-refractivity contribution in [3.8, 4) is 21.3 Å². The van der Waals surface area contributed by atoms with Crippen LogP contribution >= 0.6 is 11.3 Å². The molecule has 0 aliphatic heterocycles. The van der Waals surface area contributed by atoms with Crippen LogP contribution in [-0.4, -0.2) is 24.9 Å². The topological polar surface area (TPSA) is 69.6 Å². The average molecular weight is 289 g/mol. The van der Waals surface area contributed by atoms with E-state index in [1.165, 1.54) is 0 Å². The number of rotatable bonds is 4. The average Bonchev–Trinajstić information content (AvgIpc) is 3.10. The van der Waals surface area contributed by atoms with Crippen LogP contribution in [0.25, 0.3) is 21.3 Å². The zero-order valence-electron chi connectivity index (χ0n) is 11.6. The van der Waals surface area contributed by atoms with E-state index in [-0.39, 0.29) is 0 Å². The fourth-order valence-electron chi connectivity index (χ4n) is 1.92. The summed E-state index contributed by atoms with van der Waals surface area (Å²) in [6.45, 7) is 4.05. The highest BCUT2D eigenvalue weighted by molar-refractivity contribution is 7.18. The van der Waals surface area contributed by atoms with Gasteiger partial charge in [0.05, 0.1) is 11.9 Å². The maximum absolute atomic E-state index is 5.33. The summed E-state index contributed by atoms with van der Waals surface area (Å²) < 4.78 is 7.09. The van der Waals surface area contributed by atoms with E-state index in [2.05, 4.69) is 27.1 Å². The molecule has 0 N–H and O–H groups in total. The van der Waals surface area contributed by atoms with Gasteiger partial charge in [-0.15, -0.1) is 11.3 Å². The Morgan fingerprint density at radius 3 is 2.90 bits per heavy atom. The number of thiazole rings is 1. The van der Waals surface area contributed by atoms with Crippen molar-refractivity contribution >= 4 is 11.3 Å². The van der Waals surface area contributed by atoms with Crippen molar-refractivity contribution < 1.29 is 4.52 Å². The van der Waals surface area contributed by atoms with E-state index in [1.54, 1.807) is 22.2 Å². The van der Waals surface area contributed by atoms with Crippen molar-refractivity contribution in [3.63, 3.8) is 0 Å². The van der Waals surface area contributed by atoms with Crippen LogP contribution in [0.15, 0.2) is 16.9 Å². The molecule has 0 amide bonds. The summed E-state index contributed by atoms with van der Waals surface area (Å²) in [7, 11) is 1.89. The molecule has 7 heteroatoms. The molecule has 0 atom stereocenters. The maximum Gasteiger partial charge on any atom is 0.269 e. The fraction of sp³-hybridized carbons (Fsp3) is 0.385. The third-order valence-electron chi connectivity index (χ3n) is 2.88. The molecule has 0 bridgehead atoms. The molecule has 3 aromatic heterocycles. The maximum atomic E-state index is 5.33. The Labute approximate surface area is 120 Å². The van der Waals surface area contributed by atoms with Crippen molar-refractivity contribution in [2.75, 3.05) is 0 Å². The molecule has 0 aliphatic carbocycles. The van der Waals surface area contributed by atoms with E-state index >= 15 is 0 Å². The van der Waals surface area contributed by atoms with E-state index < -0.39 is 0 Å². The van der Waals surface area contributed by atoms with Gasteiger partial charge in [-0.05, 0) is 13.3 Å². The first-order valence-electron chi connectivity index (χ1n) is 6.46. The van der Waals surface area contributed by atoms with Crippen LogP contribution < -0.4 is 0 Å². The van der Waals surface area contributed by atoms with Crippen LogP contribution in [-0.2, 0) is 13.5 Å². The predicted octanol–water partition coefficient (Wildman–Crippen LogP) is 2.85. The van der Waals surface area contributed by atoms with E-state index in [1.807, 2.05) is 20.2 Å². The van der Waals surface area contributed by atoms with E-state index in [0.717, 1.165) is 39.8 Å². The summed E-state index contributed by atoms with van der Waals surface area (Å²) in [4.78, 5) is 9.91.